The maximum Gasteiger partial charge on any atom is 0.224 e. The van der Waals surface area contributed by atoms with Gasteiger partial charge in [0.1, 0.15) is 5.82 Å². The summed E-state index contributed by atoms with van der Waals surface area (Å²) in [6, 6.07) is 4.81. The number of nitrogens with zero attached hydrogens (tertiary/aromatic N) is 3. The summed E-state index contributed by atoms with van der Waals surface area (Å²) in [6.45, 7) is 6.45. The van der Waals surface area contributed by atoms with Crippen molar-refractivity contribution in [1.82, 2.24) is 20.3 Å². The molecular formula is C26H38N6O. The zero-order valence-electron chi connectivity index (χ0n) is 20.0. The van der Waals surface area contributed by atoms with Gasteiger partial charge in [0.15, 0.2) is 0 Å². The molecule has 0 bridgehead atoms. The number of hydrogen-bond donors (Lipinski definition) is 4. The van der Waals surface area contributed by atoms with E-state index >= 15 is 0 Å². The van der Waals surface area contributed by atoms with Crippen LogP contribution in [-0.4, -0.2) is 51.3 Å². The van der Waals surface area contributed by atoms with E-state index in [-0.39, 0.29) is 6.10 Å². The zero-order chi connectivity index (χ0) is 23.0. The largest absolute Gasteiger partial charge is 0.393 e. The Morgan fingerprint density at radius 1 is 1.12 bits per heavy atom. The molecular weight excluding hydrogens is 412 g/mol. The highest BCUT2D eigenvalue weighted by molar-refractivity contribution is 5.73. The SMILES string of the molecule is CCC[C@H](C)Nc1ncc(-c2ccc(C=C3CCNCC3)cn2)c(N[C@H]2CC[C@H](O)CC2)n1. The highest BCUT2D eigenvalue weighted by Crippen LogP contribution is 2.29. The van der Waals surface area contributed by atoms with Crippen molar-refractivity contribution in [3.8, 4) is 11.3 Å². The van der Waals surface area contributed by atoms with Crippen LogP contribution in [0.1, 0.15) is 70.8 Å². The zero-order valence-corrected chi connectivity index (χ0v) is 20.0. The molecule has 1 aliphatic carbocycles. The molecule has 2 fully saturated rings. The van der Waals surface area contributed by atoms with E-state index in [0.29, 0.717) is 18.0 Å². The summed E-state index contributed by atoms with van der Waals surface area (Å²) in [5, 5.41) is 20.3. The van der Waals surface area contributed by atoms with Gasteiger partial charge >= 0.3 is 0 Å². The maximum atomic E-state index is 9.88. The van der Waals surface area contributed by atoms with Crippen molar-refractivity contribution in [3.63, 3.8) is 0 Å². The van der Waals surface area contributed by atoms with E-state index in [4.69, 9.17) is 9.97 Å². The van der Waals surface area contributed by atoms with Crippen molar-refractivity contribution < 1.29 is 5.11 Å². The topological polar surface area (TPSA) is 95.0 Å². The molecule has 0 radical (unpaired) electrons. The van der Waals surface area contributed by atoms with Gasteiger partial charge in [-0.25, -0.2) is 4.98 Å². The number of piperidine rings is 1. The Morgan fingerprint density at radius 3 is 2.61 bits per heavy atom. The number of rotatable bonds is 8. The maximum absolute atomic E-state index is 9.88. The third-order valence-corrected chi connectivity index (χ3v) is 6.60. The van der Waals surface area contributed by atoms with Crippen molar-refractivity contribution in [1.29, 1.82) is 0 Å². The van der Waals surface area contributed by atoms with Gasteiger partial charge < -0.3 is 21.1 Å². The molecule has 2 aliphatic rings. The average molecular weight is 451 g/mol. The minimum absolute atomic E-state index is 0.177. The molecule has 178 valence electrons. The molecule has 1 aliphatic heterocycles. The molecule has 0 unspecified atom stereocenters. The molecule has 1 saturated carbocycles. The lowest BCUT2D eigenvalue weighted by Gasteiger charge is -2.27. The van der Waals surface area contributed by atoms with Crippen molar-refractivity contribution in [2.75, 3.05) is 23.7 Å². The van der Waals surface area contributed by atoms with Crippen molar-refractivity contribution in [2.45, 2.75) is 83.4 Å². The Bertz CT molecular complexity index is 913. The van der Waals surface area contributed by atoms with Crippen LogP contribution in [-0.2, 0) is 0 Å². The van der Waals surface area contributed by atoms with Crippen LogP contribution in [0.25, 0.3) is 17.3 Å². The number of anilines is 2. The van der Waals surface area contributed by atoms with Gasteiger partial charge in [0.05, 0.1) is 17.4 Å². The molecule has 0 aromatic carbocycles. The van der Waals surface area contributed by atoms with Gasteiger partial charge in [-0.3, -0.25) is 4.98 Å². The first-order chi connectivity index (χ1) is 16.1. The number of aliphatic hydroxyl groups is 1. The highest BCUT2D eigenvalue weighted by Gasteiger charge is 2.21. The quantitative estimate of drug-likeness (QED) is 0.466. The molecule has 0 amide bonds. The summed E-state index contributed by atoms with van der Waals surface area (Å²) in [5.74, 6) is 1.46. The highest BCUT2D eigenvalue weighted by atomic mass is 16.3. The Kier molecular flexibility index (Phi) is 8.29. The molecule has 1 atom stereocenters. The number of aliphatic hydroxyl groups excluding tert-OH is 1. The van der Waals surface area contributed by atoms with Gasteiger partial charge in [-0.15, -0.1) is 0 Å². The van der Waals surface area contributed by atoms with Gasteiger partial charge in [-0.1, -0.05) is 31.1 Å². The fourth-order valence-corrected chi connectivity index (χ4v) is 4.67. The third-order valence-electron chi connectivity index (χ3n) is 6.60. The smallest absolute Gasteiger partial charge is 0.224 e. The van der Waals surface area contributed by atoms with E-state index in [1.165, 1.54) is 5.57 Å². The first kappa shape index (κ1) is 23.6. The second kappa shape index (κ2) is 11.6. The van der Waals surface area contributed by atoms with Crippen molar-refractivity contribution in [2.24, 2.45) is 0 Å². The van der Waals surface area contributed by atoms with Crippen LogP contribution < -0.4 is 16.0 Å². The standard InChI is InChI=1S/C26H38N6O/c1-3-4-18(2)30-26-29-17-23(25(32-26)31-21-6-8-22(33)9-7-21)24-10-5-20(16-28-24)15-19-11-13-27-14-12-19/h5,10,15-18,21-22,27,33H,3-4,6-9,11-14H2,1-2H3,(H2,29,30,31,32)/t18-,21-,22-/m0/s1. The third kappa shape index (κ3) is 6.74. The summed E-state index contributed by atoms with van der Waals surface area (Å²) >= 11 is 0. The van der Waals surface area contributed by atoms with Gasteiger partial charge in [0.2, 0.25) is 5.95 Å². The number of nitrogens with one attached hydrogen (secondary N) is 3. The van der Waals surface area contributed by atoms with Crippen LogP contribution in [0, 0.1) is 0 Å². The predicted octanol–water partition coefficient (Wildman–Crippen LogP) is 4.62. The van der Waals surface area contributed by atoms with Crippen LogP contribution in [0.5, 0.6) is 0 Å². The first-order valence-corrected chi connectivity index (χ1v) is 12.6. The molecule has 4 N–H and O–H groups in total. The average Bonchev–Trinajstić information content (AvgIpc) is 2.82. The van der Waals surface area contributed by atoms with Crippen LogP contribution >= 0.6 is 0 Å². The molecule has 7 heteroatoms. The molecule has 2 aromatic heterocycles. The predicted molar refractivity (Wildman–Crippen MR) is 135 cm³/mol. The molecule has 3 heterocycles. The molecule has 33 heavy (non-hydrogen) atoms. The lowest BCUT2D eigenvalue weighted by Crippen LogP contribution is -2.29. The summed E-state index contributed by atoms with van der Waals surface area (Å²) in [6.07, 6.45) is 13.8. The van der Waals surface area contributed by atoms with E-state index in [1.807, 2.05) is 12.4 Å². The summed E-state index contributed by atoms with van der Waals surface area (Å²) in [5.41, 5.74) is 4.40. The molecule has 7 nitrogen and oxygen atoms in total. The van der Waals surface area contributed by atoms with Gasteiger partial charge in [-0.05, 0) is 76.6 Å². The molecule has 1 saturated heterocycles. The van der Waals surface area contributed by atoms with Crippen molar-refractivity contribution >= 4 is 17.8 Å². The lowest BCUT2D eigenvalue weighted by atomic mass is 9.93. The summed E-state index contributed by atoms with van der Waals surface area (Å²) in [4.78, 5) is 14.2. The molecule has 2 aromatic rings. The fraction of sp³-hybridized carbons (Fsp3) is 0.577. The Hall–Kier alpha value is -2.51. The minimum atomic E-state index is -0.177. The Morgan fingerprint density at radius 2 is 1.91 bits per heavy atom. The molecule has 0 spiro atoms. The van der Waals surface area contributed by atoms with Crippen LogP contribution in [0.2, 0.25) is 0 Å². The van der Waals surface area contributed by atoms with Crippen molar-refractivity contribution in [3.05, 3.63) is 35.7 Å². The van der Waals surface area contributed by atoms with Gasteiger partial charge in [-0.2, -0.15) is 4.98 Å². The molecule has 4 rings (SSSR count). The van der Waals surface area contributed by atoms with E-state index in [9.17, 15) is 5.11 Å². The van der Waals surface area contributed by atoms with E-state index in [0.717, 1.165) is 87.1 Å². The van der Waals surface area contributed by atoms with E-state index in [1.54, 1.807) is 0 Å². The van der Waals surface area contributed by atoms with Gasteiger partial charge in [0.25, 0.3) is 0 Å². The summed E-state index contributed by atoms with van der Waals surface area (Å²) in [7, 11) is 0. The Balaban J connectivity index is 1.56. The lowest BCUT2D eigenvalue weighted by molar-refractivity contribution is 0.126. The number of pyridine rings is 1. The van der Waals surface area contributed by atoms with Crippen LogP contribution in [0.15, 0.2) is 30.1 Å². The number of aromatic nitrogens is 3. The second-order valence-corrected chi connectivity index (χ2v) is 9.47. The minimum Gasteiger partial charge on any atom is -0.393 e. The summed E-state index contributed by atoms with van der Waals surface area (Å²) < 4.78 is 0. The van der Waals surface area contributed by atoms with Crippen LogP contribution in [0.3, 0.4) is 0 Å². The van der Waals surface area contributed by atoms with E-state index < -0.39 is 0 Å². The second-order valence-electron chi connectivity index (χ2n) is 9.47. The Labute approximate surface area is 197 Å². The van der Waals surface area contributed by atoms with Gasteiger partial charge in [0, 0.05) is 24.5 Å². The van der Waals surface area contributed by atoms with Crippen LogP contribution in [0.4, 0.5) is 11.8 Å². The normalized spacial score (nSPS) is 22.0. The van der Waals surface area contributed by atoms with E-state index in [2.05, 4.69) is 53.0 Å². The monoisotopic (exact) mass is 450 g/mol. The first-order valence-electron chi connectivity index (χ1n) is 12.6. The number of hydrogen-bond acceptors (Lipinski definition) is 7. The fourth-order valence-electron chi connectivity index (χ4n) is 4.67.